The summed E-state index contributed by atoms with van der Waals surface area (Å²) in [6.07, 6.45) is 4.78. The fourth-order valence-corrected chi connectivity index (χ4v) is 5.50. The van der Waals surface area contributed by atoms with Crippen molar-refractivity contribution in [3.8, 4) is 0 Å². The second-order valence-electron chi connectivity index (χ2n) is 8.32. The van der Waals surface area contributed by atoms with Gasteiger partial charge in [0.1, 0.15) is 11.3 Å². The third-order valence-electron chi connectivity index (χ3n) is 6.32. The van der Waals surface area contributed by atoms with Gasteiger partial charge < -0.3 is 9.64 Å². The smallest absolute Gasteiger partial charge is 0.190 e. The van der Waals surface area contributed by atoms with Crippen molar-refractivity contribution in [3.05, 3.63) is 52.6 Å². The van der Waals surface area contributed by atoms with E-state index in [4.69, 9.17) is 21.3 Å². The summed E-state index contributed by atoms with van der Waals surface area (Å²) in [6, 6.07) is 10.6. The van der Waals surface area contributed by atoms with E-state index in [1.54, 1.807) is 0 Å². The number of benzene rings is 1. The number of hydrogen-bond acceptors (Lipinski definition) is 6. The number of nitrogens with zero attached hydrogens (tertiary/aromatic N) is 4. The predicted octanol–water partition coefficient (Wildman–Crippen LogP) is 5.82. The summed E-state index contributed by atoms with van der Waals surface area (Å²) in [5, 5.41) is 1.21. The van der Waals surface area contributed by atoms with Crippen LogP contribution in [0.5, 0.6) is 0 Å². The lowest BCUT2D eigenvalue weighted by Crippen LogP contribution is -2.35. The van der Waals surface area contributed by atoms with Crippen LogP contribution in [0.15, 0.2) is 35.5 Å². The third kappa shape index (κ3) is 4.30. The van der Waals surface area contributed by atoms with Gasteiger partial charge in [0.2, 0.25) is 0 Å². The molecule has 0 bridgehead atoms. The highest BCUT2D eigenvalue weighted by atomic mass is 35.5. The molecule has 168 valence electrons. The Morgan fingerprint density at radius 2 is 1.97 bits per heavy atom. The molecule has 5 nitrogen and oxygen atoms in total. The van der Waals surface area contributed by atoms with E-state index in [2.05, 4.69) is 27.0 Å². The summed E-state index contributed by atoms with van der Waals surface area (Å²) in [7, 11) is 0. The fraction of sp³-hybridized carbons (Fsp3) is 0.458. The molecular weight excluding hydrogens is 447 g/mol. The van der Waals surface area contributed by atoms with E-state index in [1.807, 2.05) is 25.1 Å². The van der Waals surface area contributed by atoms with Crippen LogP contribution in [0.1, 0.15) is 43.9 Å². The number of aromatic nitrogens is 3. The van der Waals surface area contributed by atoms with Gasteiger partial charge in [0.15, 0.2) is 16.1 Å². The number of halogens is 2. The zero-order valence-corrected chi connectivity index (χ0v) is 19.6. The number of fused-ring (bicyclic) bond motifs is 2. The topological polar surface area (TPSA) is 51.1 Å². The second-order valence-corrected chi connectivity index (χ2v) is 9.91. The molecule has 1 unspecified atom stereocenters. The minimum Gasteiger partial charge on any atom is -0.373 e. The van der Waals surface area contributed by atoms with Gasteiger partial charge in [-0.3, -0.25) is 0 Å². The van der Waals surface area contributed by atoms with Gasteiger partial charge in [0.05, 0.1) is 23.8 Å². The molecule has 4 heterocycles. The van der Waals surface area contributed by atoms with Crippen molar-refractivity contribution in [1.82, 2.24) is 15.0 Å². The summed E-state index contributed by atoms with van der Waals surface area (Å²) in [4.78, 5) is 16.1. The molecule has 2 aliphatic rings. The maximum absolute atomic E-state index is 15.0. The number of ether oxygens (including phenoxy) is 1. The molecule has 2 atom stereocenters. The summed E-state index contributed by atoms with van der Waals surface area (Å²) >= 11 is 7.65. The zero-order chi connectivity index (χ0) is 22.1. The molecule has 1 fully saturated rings. The lowest BCUT2D eigenvalue weighted by atomic mass is 10.0. The largest absolute Gasteiger partial charge is 0.373 e. The molecule has 0 saturated carbocycles. The molecule has 1 saturated heterocycles. The monoisotopic (exact) mass is 472 g/mol. The molecule has 32 heavy (non-hydrogen) atoms. The van der Waals surface area contributed by atoms with Crippen LogP contribution >= 0.6 is 23.4 Å². The average molecular weight is 473 g/mol. The number of thioether (sulfide) groups is 1. The summed E-state index contributed by atoms with van der Waals surface area (Å²) in [5.41, 5.74) is 2.29. The molecular formula is C24H26ClFN4OS. The highest BCUT2D eigenvalue weighted by molar-refractivity contribution is 7.99. The molecule has 8 heteroatoms. The van der Waals surface area contributed by atoms with E-state index < -0.39 is 5.82 Å². The van der Waals surface area contributed by atoms with Crippen LogP contribution in [0.25, 0.3) is 10.9 Å². The molecule has 5 rings (SSSR count). The van der Waals surface area contributed by atoms with Crippen molar-refractivity contribution in [3.63, 3.8) is 0 Å². The standard InChI is InChI=1S/C24H26ClFN4OS/c1-2-32-24-28-21-19-18(27-22(25)20(21)26)11-9-16-8-10-17(12-13-30(16)23(19)29-24)31-14-15-6-4-3-5-7-15/h3-7,16-17H,2,8-14H2,1H3/t16-,17?/m1/s1. The van der Waals surface area contributed by atoms with Crippen LogP contribution < -0.4 is 4.90 Å². The van der Waals surface area contributed by atoms with Gasteiger partial charge in [-0.1, -0.05) is 60.6 Å². The van der Waals surface area contributed by atoms with E-state index >= 15 is 0 Å². The van der Waals surface area contributed by atoms with E-state index in [1.165, 1.54) is 17.3 Å². The molecule has 0 N–H and O–H groups in total. The van der Waals surface area contributed by atoms with Crippen molar-refractivity contribution >= 4 is 40.1 Å². The minimum absolute atomic E-state index is 0.101. The first-order valence-corrected chi connectivity index (χ1v) is 12.6. The van der Waals surface area contributed by atoms with Gasteiger partial charge in [0.25, 0.3) is 0 Å². The van der Waals surface area contributed by atoms with Crippen molar-refractivity contribution in [1.29, 1.82) is 0 Å². The van der Waals surface area contributed by atoms with Crippen molar-refractivity contribution < 1.29 is 9.13 Å². The van der Waals surface area contributed by atoms with Gasteiger partial charge in [-0.2, -0.15) is 0 Å². The molecule has 0 radical (unpaired) electrons. The van der Waals surface area contributed by atoms with Crippen LogP contribution in [-0.2, 0) is 17.8 Å². The number of hydrogen-bond donors (Lipinski definition) is 0. The molecule has 2 aliphatic heterocycles. The Bertz CT molecular complexity index is 1120. The van der Waals surface area contributed by atoms with E-state index in [0.717, 1.165) is 61.3 Å². The maximum atomic E-state index is 15.0. The SMILES string of the molecule is CCSc1nc2c3c(nc(Cl)c(F)c3n1)CC[C@H]1CCC(OCc3ccccc3)CCN21. The normalized spacial score (nSPS) is 20.7. The van der Waals surface area contributed by atoms with Gasteiger partial charge in [0, 0.05) is 12.6 Å². The quantitative estimate of drug-likeness (QED) is 0.265. The lowest BCUT2D eigenvalue weighted by Gasteiger charge is -2.30. The Balaban J connectivity index is 1.46. The van der Waals surface area contributed by atoms with E-state index in [9.17, 15) is 4.39 Å². The third-order valence-corrected chi connectivity index (χ3v) is 7.30. The minimum atomic E-state index is -0.552. The van der Waals surface area contributed by atoms with Crippen molar-refractivity contribution in [2.24, 2.45) is 0 Å². The molecule has 0 amide bonds. The van der Waals surface area contributed by atoms with Gasteiger partial charge in [-0.05, 0) is 43.4 Å². The van der Waals surface area contributed by atoms with E-state index in [0.29, 0.717) is 23.3 Å². The highest BCUT2D eigenvalue weighted by Gasteiger charge is 2.33. The van der Waals surface area contributed by atoms with Crippen LogP contribution in [0.3, 0.4) is 0 Å². The van der Waals surface area contributed by atoms with Crippen molar-refractivity contribution in [2.75, 3.05) is 17.2 Å². The first-order valence-electron chi connectivity index (χ1n) is 11.2. The van der Waals surface area contributed by atoms with Crippen LogP contribution in [0, 0.1) is 5.82 Å². The first kappa shape index (κ1) is 21.9. The molecule has 0 spiro atoms. The number of aryl methyl sites for hydroxylation is 1. The van der Waals surface area contributed by atoms with Gasteiger partial charge in [-0.25, -0.2) is 19.3 Å². The molecule has 3 aromatic rings. The Kier molecular flexibility index (Phi) is 6.49. The lowest BCUT2D eigenvalue weighted by molar-refractivity contribution is 0.0327. The highest BCUT2D eigenvalue weighted by Crippen LogP contribution is 2.39. The second kappa shape index (κ2) is 9.49. The first-order chi connectivity index (χ1) is 15.6. The van der Waals surface area contributed by atoms with Crippen molar-refractivity contribution in [2.45, 2.75) is 62.9 Å². The van der Waals surface area contributed by atoms with E-state index in [-0.39, 0.29) is 11.3 Å². The Hall–Kier alpha value is -1.96. The summed E-state index contributed by atoms with van der Waals surface area (Å²) in [5.74, 6) is 1.07. The summed E-state index contributed by atoms with van der Waals surface area (Å²) < 4.78 is 21.2. The molecule has 1 aromatic carbocycles. The Morgan fingerprint density at radius 1 is 1.12 bits per heavy atom. The maximum Gasteiger partial charge on any atom is 0.190 e. The van der Waals surface area contributed by atoms with Gasteiger partial charge >= 0.3 is 0 Å². The van der Waals surface area contributed by atoms with Crippen LogP contribution in [-0.4, -0.2) is 39.4 Å². The zero-order valence-electron chi connectivity index (χ0n) is 18.1. The Labute approximate surface area is 196 Å². The van der Waals surface area contributed by atoms with Crippen LogP contribution in [0.2, 0.25) is 5.15 Å². The Morgan fingerprint density at radius 3 is 2.78 bits per heavy atom. The molecule has 0 aliphatic carbocycles. The fourth-order valence-electron chi connectivity index (χ4n) is 4.74. The van der Waals surface area contributed by atoms with Gasteiger partial charge in [-0.15, -0.1) is 0 Å². The number of pyridine rings is 1. The number of rotatable bonds is 5. The predicted molar refractivity (Wildman–Crippen MR) is 127 cm³/mol. The average Bonchev–Trinajstić information content (AvgIpc) is 3.09. The molecule has 2 aromatic heterocycles. The number of anilines is 1. The summed E-state index contributed by atoms with van der Waals surface area (Å²) in [6.45, 7) is 3.48. The van der Waals surface area contributed by atoms with Crippen LogP contribution in [0.4, 0.5) is 10.2 Å².